The predicted octanol–water partition coefficient (Wildman–Crippen LogP) is 2.14. The molecule has 11 nitrogen and oxygen atoms in total. The minimum atomic E-state index is -4.13. The summed E-state index contributed by atoms with van der Waals surface area (Å²) in [4.78, 5) is 52.9. The number of allylic oxidation sites excluding steroid dienone is 1. The van der Waals surface area contributed by atoms with Gasteiger partial charge in [0, 0.05) is 17.5 Å². The van der Waals surface area contributed by atoms with Crippen LogP contribution in [0, 0.1) is 5.92 Å². The Balaban J connectivity index is 1.56. The zero-order valence-corrected chi connectivity index (χ0v) is 23.0. The first-order chi connectivity index (χ1) is 18.5. The van der Waals surface area contributed by atoms with E-state index in [1.54, 1.807) is 24.3 Å². The largest absolute Gasteiger partial charge is 0.436 e. The van der Waals surface area contributed by atoms with Crippen molar-refractivity contribution in [3.05, 3.63) is 47.0 Å². The number of primary amides is 1. The average molecular weight is 581 g/mol. The lowest BCUT2D eigenvalue weighted by Crippen LogP contribution is -2.57. The summed E-state index contributed by atoms with van der Waals surface area (Å²) in [5.74, 6) is -2.82. The quantitative estimate of drug-likeness (QED) is 0.449. The molecule has 39 heavy (non-hydrogen) atoms. The molecular formula is C26H33ClN4O7S. The van der Waals surface area contributed by atoms with Crippen LogP contribution in [0.4, 0.5) is 4.79 Å². The van der Waals surface area contributed by atoms with Crippen LogP contribution in [0.15, 0.2) is 36.4 Å². The molecule has 13 heteroatoms. The summed E-state index contributed by atoms with van der Waals surface area (Å²) in [7, 11) is -4.13. The van der Waals surface area contributed by atoms with Gasteiger partial charge in [0.25, 0.3) is 11.8 Å². The van der Waals surface area contributed by atoms with E-state index >= 15 is 0 Å². The molecule has 0 radical (unpaired) electrons. The number of rotatable bonds is 5. The van der Waals surface area contributed by atoms with Crippen LogP contribution in [0.25, 0.3) is 0 Å². The summed E-state index contributed by atoms with van der Waals surface area (Å²) in [6.45, 7) is 0.282. The van der Waals surface area contributed by atoms with Gasteiger partial charge in [-0.1, -0.05) is 48.4 Å². The van der Waals surface area contributed by atoms with Crippen molar-refractivity contribution in [3.63, 3.8) is 0 Å². The van der Waals surface area contributed by atoms with Gasteiger partial charge in [0.15, 0.2) is 6.10 Å². The van der Waals surface area contributed by atoms with Gasteiger partial charge in [-0.25, -0.2) is 13.2 Å². The highest BCUT2D eigenvalue weighted by Crippen LogP contribution is 2.45. The van der Waals surface area contributed by atoms with E-state index in [9.17, 15) is 27.6 Å². The first-order valence-corrected chi connectivity index (χ1v) is 15.1. The molecular weight excluding hydrogens is 548 g/mol. The van der Waals surface area contributed by atoms with Crippen LogP contribution in [0.3, 0.4) is 0 Å². The standard InChI is InChI=1S/C26H33ClN4O7S/c27-19-11-7-6-9-17(19)16-39(36,37)30-24(34)26-15-18(26)10-4-2-1-3-5-13-21(38-25(28)35)23(33)31-14-8-12-20(31)22(32)29-26/h4,6-7,9-11,18,20-21H,1-3,5,8,12-16H2,(H2,28,35)(H,29,32)(H,30,34)/b10-4+. The fourth-order valence-electron chi connectivity index (χ4n) is 5.26. The molecule has 4 unspecified atom stereocenters. The van der Waals surface area contributed by atoms with E-state index in [-0.39, 0.29) is 24.4 Å². The number of carbonyl (C=O) groups is 4. The third kappa shape index (κ3) is 6.91. The van der Waals surface area contributed by atoms with Gasteiger partial charge in [0.2, 0.25) is 15.9 Å². The first-order valence-electron chi connectivity index (χ1n) is 13.1. The molecule has 1 aromatic carbocycles. The van der Waals surface area contributed by atoms with Crippen molar-refractivity contribution >= 4 is 45.4 Å². The molecule has 4 N–H and O–H groups in total. The van der Waals surface area contributed by atoms with E-state index in [2.05, 4.69) is 10.0 Å². The summed E-state index contributed by atoms with van der Waals surface area (Å²) in [5, 5.41) is 3.02. The number of hydrogen-bond donors (Lipinski definition) is 3. The van der Waals surface area contributed by atoms with Crippen LogP contribution in [0.1, 0.15) is 56.9 Å². The summed E-state index contributed by atoms with van der Waals surface area (Å²) in [5.41, 5.74) is 4.06. The average Bonchev–Trinajstić information content (AvgIpc) is 3.33. The highest BCUT2D eigenvalue weighted by molar-refractivity contribution is 7.89. The maximum absolute atomic E-state index is 13.4. The molecule has 2 heterocycles. The van der Waals surface area contributed by atoms with E-state index in [0.29, 0.717) is 31.2 Å². The molecule has 4 amide bonds. The van der Waals surface area contributed by atoms with Crippen LogP contribution < -0.4 is 15.8 Å². The van der Waals surface area contributed by atoms with Gasteiger partial charge in [-0.05, 0) is 56.6 Å². The molecule has 212 valence electrons. The maximum Gasteiger partial charge on any atom is 0.405 e. The monoisotopic (exact) mass is 580 g/mol. The Labute approximate surface area is 232 Å². The van der Waals surface area contributed by atoms with E-state index in [1.807, 2.05) is 12.2 Å². The molecule has 2 fully saturated rings. The zero-order valence-electron chi connectivity index (χ0n) is 21.4. The number of nitrogens with zero attached hydrogens (tertiary/aromatic N) is 1. The van der Waals surface area contributed by atoms with Gasteiger partial charge in [-0.15, -0.1) is 0 Å². The van der Waals surface area contributed by atoms with Crippen LogP contribution in [-0.2, 0) is 34.9 Å². The molecule has 0 aromatic heterocycles. The molecule has 1 aromatic rings. The number of sulfonamides is 1. The van der Waals surface area contributed by atoms with Crippen LogP contribution in [-0.4, -0.2) is 61.4 Å². The Bertz CT molecular complexity index is 1270. The third-order valence-electron chi connectivity index (χ3n) is 7.40. The van der Waals surface area contributed by atoms with Gasteiger partial charge in [0.1, 0.15) is 11.6 Å². The smallest absolute Gasteiger partial charge is 0.405 e. The second-order valence-electron chi connectivity index (χ2n) is 10.2. The number of nitrogens with one attached hydrogen (secondary N) is 2. The van der Waals surface area contributed by atoms with Crippen molar-refractivity contribution in [1.29, 1.82) is 0 Å². The number of carbonyl (C=O) groups excluding carboxylic acids is 4. The van der Waals surface area contributed by atoms with Gasteiger partial charge in [-0.2, -0.15) is 0 Å². The minimum Gasteiger partial charge on any atom is -0.436 e. The molecule has 1 aliphatic carbocycles. The third-order valence-corrected chi connectivity index (χ3v) is 8.95. The fraction of sp³-hybridized carbons (Fsp3) is 0.538. The Morgan fingerprint density at radius 3 is 2.67 bits per heavy atom. The van der Waals surface area contributed by atoms with Crippen molar-refractivity contribution in [1.82, 2.24) is 14.9 Å². The number of fused-ring (bicyclic) bond motifs is 2. The van der Waals surface area contributed by atoms with Gasteiger partial charge in [0.05, 0.1) is 5.75 Å². The van der Waals surface area contributed by atoms with Gasteiger partial charge < -0.3 is 20.7 Å². The van der Waals surface area contributed by atoms with Gasteiger partial charge in [-0.3, -0.25) is 19.1 Å². The van der Waals surface area contributed by atoms with Crippen LogP contribution in [0.5, 0.6) is 0 Å². The number of hydrogen-bond acceptors (Lipinski definition) is 7. The first kappa shape index (κ1) is 28.9. The number of amides is 4. The molecule has 0 bridgehead atoms. The zero-order chi connectivity index (χ0) is 28.2. The number of halogens is 1. The van der Waals surface area contributed by atoms with E-state index in [4.69, 9.17) is 22.1 Å². The molecule has 2 aliphatic heterocycles. The summed E-state index contributed by atoms with van der Waals surface area (Å²) in [6, 6.07) is 5.54. The SMILES string of the molecule is NC(=O)OC1CCCCC/C=C/C2CC2(C(=O)NS(=O)(=O)Cc2ccccc2Cl)NC(=O)C2CCCN2C1=O. The van der Waals surface area contributed by atoms with Crippen LogP contribution >= 0.6 is 11.6 Å². The second kappa shape index (κ2) is 12.0. The molecule has 1 saturated carbocycles. The normalized spacial score (nSPS) is 28.6. The Morgan fingerprint density at radius 1 is 1.15 bits per heavy atom. The lowest BCUT2D eigenvalue weighted by molar-refractivity contribution is -0.146. The predicted molar refractivity (Wildman–Crippen MR) is 143 cm³/mol. The number of ether oxygens (including phenoxy) is 1. The lowest BCUT2D eigenvalue weighted by Gasteiger charge is -2.29. The Hall–Kier alpha value is -3.12. The highest BCUT2D eigenvalue weighted by atomic mass is 35.5. The van der Waals surface area contributed by atoms with Crippen molar-refractivity contribution in [2.75, 3.05) is 6.54 Å². The summed E-state index contributed by atoms with van der Waals surface area (Å²) >= 11 is 6.10. The second-order valence-corrected chi connectivity index (χ2v) is 12.4. The van der Waals surface area contributed by atoms with Crippen molar-refractivity contribution in [2.45, 2.75) is 74.8 Å². The van der Waals surface area contributed by atoms with Crippen LogP contribution in [0.2, 0.25) is 5.02 Å². The molecule has 4 atom stereocenters. The topological polar surface area (TPSA) is 165 Å². The lowest BCUT2D eigenvalue weighted by atomic mass is 10.1. The van der Waals surface area contributed by atoms with Crippen molar-refractivity contribution in [2.24, 2.45) is 11.7 Å². The van der Waals surface area contributed by atoms with E-state index in [1.165, 1.54) is 4.90 Å². The van der Waals surface area contributed by atoms with Gasteiger partial charge >= 0.3 is 6.09 Å². The number of nitrogens with two attached hydrogens (primary N) is 1. The van der Waals surface area contributed by atoms with Crippen molar-refractivity contribution < 1.29 is 32.3 Å². The summed E-state index contributed by atoms with van der Waals surface area (Å²) in [6.07, 6.45) is 5.86. The Morgan fingerprint density at radius 2 is 1.92 bits per heavy atom. The number of benzene rings is 1. The molecule has 4 rings (SSSR count). The summed E-state index contributed by atoms with van der Waals surface area (Å²) < 4.78 is 33.0. The Kier molecular flexibility index (Phi) is 8.85. The molecule has 3 aliphatic rings. The fourth-order valence-corrected chi connectivity index (χ4v) is 6.74. The minimum absolute atomic E-state index is 0.219. The highest BCUT2D eigenvalue weighted by Gasteiger charge is 2.61. The van der Waals surface area contributed by atoms with Crippen molar-refractivity contribution in [3.8, 4) is 0 Å². The molecule has 1 saturated heterocycles. The molecule has 0 spiro atoms. The maximum atomic E-state index is 13.4. The van der Waals surface area contributed by atoms with E-state index < -0.39 is 63.2 Å². The van der Waals surface area contributed by atoms with E-state index in [0.717, 1.165) is 12.8 Å².